The SMILES string of the molecule is CC(C)(C)c1ccc(Cn2c(=N)n(CC(N)=O)c3ccccc32)cc1. The van der Waals surface area contributed by atoms with Crippen LogP contribution in [0.1, 0.15) is 31.9 Å². The number of nitrogens with two attached hydrogens (primary N) is 1. The van der Waals surface area contributed by atoms with Crippen molar-refractivity contribution in [2.24, 2.45) is 5.73 Å². The van der Waals surface area contributed by atoms with Gasteiger partial charge in [-0.1, -0.05) is 57.2 Å². The molecule has 5 nitrogen and oxygen atoms in total. The maximum atomic E-state index is 11.4. The maximum Gasteiger partial charge on any atom is 0.237 e. The van der Waals surface area contributed by atoms with Crippen LogP contribution >= 0.6 is 0 Å². The lowest BCUT2D eigenvalue weighted by atomic mass is 9.87. The first-order valence-electron chi connectivity index (χ1n) is 8.38. The van der Waals surface area contributed by atoms with Crippen molar-refractivity contribution >= 4 is 16.9 Å². The van der Waals surface area contributed by atoms with Crippen LogP contribution in [0.25, 0.3) is 11.0 Å². The van der Waals surface area contributed by atoms with Gasteiger partial charge in [0.15, 0.2) is 0 Å². The molecule has 0 radical (unpaired) electrons. The van der Waals surface area contributed by atoms with E-state index in [2.05, 4.69) is 45.0 Å². The van der Waals surface area contributed by atoms with Crippen molar-refractivity contribution in [2.75, 3.05) is 0 Å². The van der Waals surface area contributed by atoms with Crippen molar-refractivity contribution in [2.45, 2.75) is 39.3 Å². The number of nitrogens with one attached hydrogen (secondary N) is 1. The van der Waals surface area contributed by atoms with Gasteiger partial charge in [0, 0.05) is 0 Å². The quantitative estimate of drug-likeness (QED) is 0.755. The van der Waals surface area contributed by atoms with E-state index >= 15 is 0 Å². The highest BCUT2D eigenvalue weighted by Gasteiger charge is 2.14. The number of aromatic nitrogens is 2. The molecule has 3 rings (SSSR count). The van der Waals surface area contributed by atoms with E-state index in [1.807, 2.05) is 28.8 Å². The minimum absolute atomic E-state index is 0.00923. The Morgan fingerprint density at radius 2 is 1.56 bits per heavy atom. The van der Waals surface area contributed by atoms with Gasteiger partial charge in [0.2, 0.25) is 11.5 Å². The molecule has 1 aromatic heterocycles. The lowest BCUT2D eigenvalue weighted by Gasteiger charge is -2.19. The van der Waals surface area contributed by atoms with Gasteiger partial charge in [-0.15, -0.1) is 0 Å². The molecule has 3 N–H and O–H groups in total. The normalized spacial score (nSPS) is 11.8. The summed E-state index contributed by atoms with van der Waals surface area (Å²) in [5, 5.41) is 8.48. The van der Waals surface area contributed by atoms with E-state index < -0.39 is 5.91 Å². The highest BCUT2D eigenvalue weighted by molar-refractivity contribution is 5.80. The van der Waals surface area contributed by atoms with E-state index in [9.17, 15) is 4.79 Å². The molecule has 2 aromatic carbocycles. The zero-order valence-corrected chi connectivity index (χ0v) is 14.9. The summed E-state index contributed by atoms with van der Waals surface area (Å²) in [5.74, 6) is -0.448. The molecule has 0 aliphatic rings. The van der Waals surface area contributed by atoms with Crippen LogP contribution in [0.5, 0.6) is 0 Å². The van der Waals surface area contributed by atoms with Gasteiger partial charge in [-0.3, -0.25) is 10.2 Å². The van der Waals surface area contributed by atoms with Gasteiger partial charge in [0.25, 0.3) is 0 Å². The summed E-state index contributed by atoms with van der Waals surface area (Å²) in [7, 11) is 0. The van der Waals surface area contributed by atoms with Crippen molar-refractivity contribution in [3.05, 3.63) is 65.3 Å². The second kappa shape index (κ2) is 6.24. The molecular formula is C20H24N4O. The largest absolute Gasteiger partial charge is 0.368 e. The fourth-order valence-electron chi connectivity index (χ4n) is 3.06. The maximum absolute atomic E-state index is 11.4. The molecule has 0 spiro atoms. The third kappa shape index (κ3) is 3.36. The third-order valence-corrected chi connectivity index (χ3v) is 4.45. The summed E-state index contributed by atoms with van der Waals surface area (Å²) in [6.07, 6.45) is 0. The fraction of sp³-hybridized carbons (Fsp3) is 0.300. The number of nitrogens with zero attached hydrogens (tertiary/aromatic N) is 2. The number of para-hydroxylation sites is 2. The minimum Gasteiger partial charge on any atom is -0.368 e. The van der Waals surface area contributed by atoms with Crippen LogP contribution in [0.15, 0.2) is 48.5 Å². The first-order valence-corrected chi connectivity index (χ1v) is 8.38. The van der Waals surface area contributed by atoms with E-state index in [0.29, 0.717) is 6.54 Å². The number of carbonyl (C=O) groups is 1. The number of rotatable bonds is 4. The number of hydrogen-bond donors (Lipinski definition) is 2. The Balaban J connectivity index is 2.03. The Hall–Kier alpha value is -2.82. The van der Waals surface area contributed by atoms with Gasteiger partial charge in [-0.25, -0.2) is 0 Å². The summed E-state index contributed by atoms with van der Waals surface area (Å²) < 4.78 is 3.56. The molecule has 0 aliphatic heterocycles. The lowest BCUT2D eigenvalue weighted by Crippen LogP contribution is -2.30. The van der Waals surface area contributed by atoms with Crippen molar-refractivity contribution in [1.82, 2.24) is 9.13 Å². The fourth-order valence-corrected chi connectivity index (χ4v) is 3.06. The summed E-state index contributed by atoms with van der Waals surface area (Å²) in [6.45, 7) is 7.16. The number of amides is 1. The minimum atomic E-state index is -0.448. The highest BCUT2D eigenvalue weighted by atomic mass is 16.1. The molecule has 3 aromatic rings. The molecule has 130 valence electrons. The molecular weight excluding hydrogens is 312 g/mol. The van der Waals surface area contributed by atoms with Crippen LogP contribution < -0.4 is 11.4 Å². The number of primary amides is 1. The molecule has 1 heterocycles. The summed E-state index contributed by atoms with van der Waals surface area (Å²) in [5.41, 5.74) is 9.91. The van der Waals surface area contributed by atoms with Crippen LogP contribution in [0.3, 0.4) is 0 Å². The lowest BCUT2D eigenvalue weighted by molar-refractivity contribution is -0.118. The highest BCUT2D eigenvalue weighted by Crippen LogP contribution is 2.22. The number of benzene rings is 2. The Labute approximate surface area is 147 Å². The van der Waals surface area contributed by atoms with Crippen LogP contribution in [0.4, 0.5) is 0 Å². The van der Waals surface area contributed by atoms with Gasteiger partial charge < -0.3 is 14.9 Å². The summed E-state index contributed by atoms with van der Waals surface area (Å²) in [4.78, 5) is 11.4. The standard InChI is InChI=1S/C20H24N4O/c1-20(2,3)15-10-8-14(9-11-15)12-23-16-6-4-5-7-17(16)24(19(23)22)13-18(21)25/h4-11,22H,12-13H2,1-3H3,(H2,21,25). The number of imidazole rings is 1. The molecule has 0 aliphatic carbocycles. The van der Waals surface area contributed by atoms with Crippen LogP contribution in [-0.4, -0.2) is 15.0 Å². The van der Waals surface area contributed by atoms with Crippen LogP contribution in [0, 0.1) is 5.41 Å². The summed E-state index contributed by atoms with van der Waals surface area (Å²) >= 11 is 0. The monoisotopic (exact) mass is 336 g/mol. The van der Waals surface area contributed by atoms with Crippen LogP contribution in [-0.2, 0) is 23.3 Å². The van der Waals surface area contributed by atoms with E-state index in [0.717, 1.165) is 16.6 Å². The predicted molar refractivity (Wildman–Crippen MR) is 99.2 cm³/mol. The average molecular weight is 336 g/mol. The van der Waals surface area contributed by atoms with Gasteiger partial charge in [0.1, 0.15) is 6.54 Å². The van der Waals surface area contributed by atoms with Gasteiger partial charge in [-0.2, -0.15) is 0 Å². The molecule has 0 saturated carbocycles. The van der Waals surface area contributed by atoms with E-state index in [4.69, 9.17) is 11.1 Å². The molecule has 0 saturated heterocycles. The smallest absolute Gasteiger partial charge is 0.237 e. The van der Waals surface area contributed by atoms with E-state index in [1.165, 1.54) is 5.56 Å². The van der Waals surface area contributed by atoms with Crippen molar-refractivity contribution in [1.29, 1.82) is 5.41 Å². The van der Waals surface area contributed by atoms with E-state index in [-0.39, 0.29) is 17.6 Å². The van der Waals surface area contributed by atoms with Crippen molar-refractivity contribution in [3.63, 3.8) is 0 Å². The van der Waals surface area contributed by atoms with E-state index in [1.54, 1.807) is 4.57 Å². The average Bonchev–Trinajstić information content (AvgIpc) is 2.80. The first-order chi connectivity index (χ1) is 11.8. The molecule has 25 heavy (non-hydrogen) atoms. The molecule has 1 amide bonds. The predicted octanol–water partition coefficient (Wildman–Crippen LogP) is 2.75. The van der Waals surface area contributed by atoms with Crippen molar-refractivity contribution in [3.8, 4) is 0 Å². The molecule has 0 fully saturated rings. The first kappa shape index (κ1) is 17.0. The van der Waals surface area contributed by atoms with Gasteiger partial charge in [0.05, 0.1) is 17.6 Å². The molecule has 5 heteroatoms. The summed E-state index contributed by atoms with van der Waals surface area (Å²) in [6, 6.07) is 16.2. The van der Waals surface area contributed by atoms with Crippen molar-refractivity contribution < 1.29 is 4.79 Å². The second-order valence-electron chi connectivity index (χ2n) is 7.40. The second-order valence-corrected chi connectivity index (χ2v) is 7.40. The Morgan fingerprint density at radius 1 is 1.00 bits per heavy atom. The molecule has 0 atom stereocenters. The van der Waals surface area contributed by atoms with Gasteiger partial charge >= 0.3 is 0 Å². The Bertz CT molecular complexity index is 972. The zero-order valence-electron chi connectivity index (χ0n) is 14.9. The molecule has 0 unspecified atom stereocenters. The number of carbonyl (C=O) groups excluding carboxylic acids is 1. The Morgan fingerprint density at radius 3 is 2.08 bits per heavy atom. The van der Waals surface area contributed by atoms with Gasteiger partial charge in [-0.05, 0) is 28.7 Å². The number of hydrogen-bond acceptors (Lipinski definition) is 2. The Kier molecular flexibility index (Phi) is 4.25. The third-order valence-electron chi connectivity index (χ3n) is 4.45. The zero-order chi connectivity index (χ0) is 18.2. The van der Waals surface area contributed by atoms with Crippen LogP contribution in [0.2, 0.25) is 0 Å². The molecule has 0 bridgehead atoms. The topological polar surface area (TPSA) is 76.8 Å². The number of fused-ring (bicyclic) bond motifs is 1.